The Morgan fingerprint density at radius 1 is 1.04 bits per heavy atom. The molecule has 0 fully saturated rings. The second-order valence-electron chi connectivity index (χ2n) is 6.00. The van der Waals surface area contributed by atoms with Crippen LogP contribution in [0.4, 0.5) is 5.69 Å². The number of hydrogen-bond donors (Lipinski definition) is 2. The van der Waals surface area contributed by atoms with E-state index in [1.54, 1.807) is 24.3 Å². The van der Waals surface area contributed by atoms with Gasteiger partial charge in [0.05, 0.1) is 11.4 Å². The van der Waals surface area contributed by atoms with Crippen molar-refractivity contribution in [2.75, 3.05) is 25.5 Å². The lowest BCUT2D eigenvalue weighted by Gasteiger charge is -2.21. The summed E-state index contributed by atoms with van der Waals surface area (Å²) in [4.78, 5) is 24.0. The first-order valence-corrected chi connectivity index (χ1v) is 10.5. The van der Waals surface area contributed by atoms with E-state index in [0.29, 0.717) is 22.7 Å². The second-order valence-corrected chi connectivity index (χ2v) is 8.37. The summed E-state index contributed by atoms with van der Waals surface area (Å²) in [5.41, 5.74) is 0.927. The van der Waals surface area contributed by atoms with Crippen molar-refractivity contribution in [2.45, 2.75) is 18.2 Å². The number of amides is 2. The Morgan fingerprint density at radius 2 is 1.64 bits per heavy atom. The zero-order valence-corrected chi connectivity index (χ0v) is 17.2. The smallest absolute Gasteiger partial charge is 0.251 e. The van der Waals surface area contributed by atoms with Crippen LogP contribution in [0.25, 0.3) is 0 Å². The summed E-state index contributed by atoms with van der Waals surface area (Å²) in [7, 11) is -2.30. The first kappa shape index (κ1) is 21.9. The molecule has 0 radical (unpaired) electrons. The highest BCUT2D eigenvalue weighted by atomic mass is 35.5. The third-order valence-electron chi connectivity index (χ3n) is 3.90. The predicted molar refractivity (Wildman–Crippen MR) is 109 cm³/mol. The average molecular weight is 424 g/mol. The van der Waals surface area contributed by atoms with Gasteiger partial charge in [-0.1, -0.05) is 18.5 Å². The normalized spacial score (nSPS) is 11.3. The third kappa shape index (κ3) is 5.54. The molecule has 2 N–H and O–H groups in total. The van der Waals surface area contributed by atoms with E-state index in [1.165, 1.54) is 31.3 Å². The number of rotatable bonds is 8. The van der Waals surface area contributed by atoms with Gasteiger partial charge in [0, 0.05) is 29.9 Å². The van der Waals surface area contributed by atoms with E-state index in [0.717, 1.165) is 4.31 Å². The standard InChI is InChI=1S/C19H22ClN3O4S/c1-3-12-23(28(26,27)17-10-6-15(20)7-11-17)13-18(24)22-16-8-4-14(5-9-16)19(25)21-2/h4-11H,3,12-13H2,1-2H3,(H,21,25)(H,22,24). The Balaban J connectivity index is 2.11. The molecule has 2 rings (SSSR count). The molecule has 2 amide bonds. The Hall–Kier alpha value is -2.42. The summed E-state index contributed by atoms with van der Waals surface area (Å²) in [6.45, 7) is 1.71. The van der Waals surface area contributed by atoms with Crippen LogP contribution in [-0.2, 0) is 14.8 Å². The lowest BCUT2D eigenvalue weighted by Crippen LogP contribution is -2.38. The number of carbonyl (C=O) groups excluding carboxylic acids is 2. The number of nitrogens with zero attached hydrogens (tertiary/aromatic N) is 1. The van der Waals surface area contributed by atoms with Crippen LogP contribution in [0.2, 0.25) is 5.02 Å². The Bertz CT molecular complexity index is 929. The fourth-order valence-electron chi connectivity index (χ4n) is 2.50. The fraction of sp³-hybridized carbons (Fsp3) is 0.263. The minimum Gasteiger partial charge on any atom is -0.355 e. The number of sulfonamides is 1. The lowest BCUT2D eigenvalue weighted by atomic mass is 10.2. The van der Waals surface area contributed by atoms with Crippen LogP contribution < -0.4 is 10.6 Å². The average Bonchev–Trinajstić information content (AvgIpc) is 2.68. The van der Waals surface area contributed by atoms with Crippen molar-refractivity contribution >= 4 is 39.1 Å². The Labute approximate surface area is 169 Å². The van der Waals surface area contributed by atoms with Gasteiger partial charge < -0.3 is 10.6 Å². The van der Waals surface area contributed by atoms with Crippen LogP contribution in [-0.4, -0.2) is 44.7 Å². The van der Waals surface area contributed by atoms with E-state index >= 15 is 0 Å². The molecule has 0 atom stereocenters. The van der Waals surface area contributed by atoms with Crippen LogP contribution in [0.5, 0.6) is 0 Å². The summed E-state index contributed by atoms with van der Waals surface area (Å²) in [5, 5.41) is 5.59. The molecular weight excluding hydrogens is 402 g/mol. The molecule has 0 unspecified atom stereocenters. The number of anilines is 1. The van der Waals surface area contributed by atoms with Crippen molar-refractivity contribution in [2.24, 2.45) is 0 Å². The van der Waals surface area contributed by atoms with E-state index in [1.807, 2.05) is 6.92 Å². The zero-order valence-electron chi connectivity index (χ0n) is 15.6. The summed E-state index contributed by atoms with van der Waals surface area (Å²) in [5.74, 6) is -0.709. The molecule has 0 aliphatic carbocycles. The molecule has 0 bridgehead atoms. The molecule has 7 nitrogen and oxygen atoms in total. The Kier molecular flexibility index (Phi) is 7.56. The number of carbonyl (C=O) groups is 2. The van der Waals surface area contributed by atoms with E-state index in [9.17, 15) is 18.0 Å². The van der Waals surface area contributed by atoms with Gasteiger partial charge in [-0.15, -0.1) is 0 Å². The highest BCUT2D eigenvalue weighted by Gasteiger charge is 2.26. The fourth-order valence-corrected chi connectivity index (χ4v) is 4.11. The highest BCUT2D eigenvalue weighted by molar-refractivity contribution is 7.89. The molecule has 0 aliphatic heterocycles. The first-order valence-electron chi connectivity index (χ1n) is 8.65. The van der Waals surface area contributed by atoms with Crippen molar-refractivity contribution in [3.63, 3.8) is 0 Å². The van der Waals surface area contributed by atoms with E-state index in [2.05, 4.69) is 10.6 Å². The Morgan fingerprint density at radius 3 is 2.18 bits per heavy atom. The van der Waals surface area contributed by atoms with Crippen LogP contribution >= 0.6 is 11.6 Å². The topological polar surface area (TPSA) is 95.6 Å². The van der Waals surface area contributed by atoms with Crippen LogP contribution in [0, 0.1) is 0 Å². The van der Waals surface area contributed by atoms with Crippen LogP contribution in [0.3, 0.4) is 0 Å². The van der Waals surface area contributed by atoms with Crippen molar-refractivity contribution in [3.8, 4) is 0 Å². The molecule has 0 aromatic heterocycles. The molecule has 0 spiro atoms. The molecule has 2 aromatic carbocycles. The molecule has 9 heteroatoms. The van der Waals surface area contributed by atoms with Gasteiger partial charge in [-0.05, 0) is 55.0 Å². The van der Waals surface area contributed by atoms with E-state index in [-0.39, 0.29) is 23.9 Å². The molecule has 28 heavy (non-hydrogen) atoms. The lowest BCUT2D eigenvalue weighted by molar-refractivity contribution is -0.116. The van der Waals surface area contributed by atoms with Gasteiger partial charge in [-0.25, -0.2) is 8.42 Å². The van der Waals surface area contributed by atoms with E-state index in [4.69, 9.17) is 11.6 Å². The van der Waals surface area contributed by atoms with Crippen molar-refractivity contribution in [3.05, 3.63) is 59.1 Å². The largest absolute Gasteiger partial charge is 0.355 e. The highest BCUT2D eigenvalue weighted by Crippen LogP contribution is 2.19. The number of benzene rings is 2. The summed E-state index contributed by atoms with van der Waals surface area (Å²) in [6.07, 6.45) is 0.556. The molecular formula is C19H22ClN3O4S. The van der Waals surface area contributed by atoms with Gasteiger partial charge in [0.15, 0.2) is 0 Å². The van der Waals surface area contributed by atoms with Gasteiger partial charge in [-0.3, -0.25) is 9.59 Å². The molecule has 0 aliphatic rings. The quantitative estimate of drug-likeness (QED) is 0.682. The van der Waals surface area contributed by atoms with Crippen LogP contribution in [0.1, 0.15) is 23.7 Å². The van der Waals surface area contributed by atoms with Crippen molar-refractivity contribution in [1.82, 2.24) is 9.62 Å². The van der Waals surface area contributed by atoms with Crippen LogP contribution in [0.15, 0.2) is 53.4 Å². The van der Waals surface area contributed by atoms with Crippen molar-refractivity contribution < 1.29 is 18.0 Å². The minimum absolute atomic E-state index is 0.0769. The SMILES string of the molecule is CCCN(CC(=O)Nc1ccc(C(=O)NC)cc1)S(=O)(=O)c1ccc(Cl)cc1. The number of halogens is 1. The summed E-state index contributed by atoms with van der Waals surface area (Å²) < 4.78 is 26.8. The van der Waals surface area contributed by atoms with Gasteiger partial charge >= 0.3 is 0 Å². The summed E-state index contributed by atoms with van der Waals surface area (Å²) in [6, 6.07) is 12.1. The maximum absolute atomic E-state index is 12.8. The molecule has 150 valence electrons. The second kappa shape index (κ2) is 9.68. The molecule has 0 saturated carbocycles. The zero-order chi connectivity index (χ0) is 20.7. The van der Waals surface area contributed by atoms with Crippen molar-refractivity contribution in [1.29, 1.82) is 0 Å². The molecule has 2 aromatic rings. The van der Waals surface area contributed by atoms with Gasteiger partial charge in [0.25, 0.3) is 5.91 Å². The summed E-state index contributed by atoms with van der Waals surface area (Å²) >= 11 is 5.82. The van der Waals surface area contributed by atoms with Gasteiger partial charge in [0.1, 0.15) is 0 Å². The van der Waals surface area contributed by atoms with E-state index < -0.39 is 15.9 Å². The van der Waals surface area contributed by atoms with Gasteiger partial charge in [0.2, 0.25) is 15.9 Å². The minimum atomic E-state index is -3.83. The predicted octanol–water partition coefficient (Wildman–Crippen LogP) is 2.74. The first-order chi connectivity index (χ1) is 13.3. The monoisotopic (exact) mass is 423 g/mol. The maximum atomic E-state index is 12.8. The third-order valence-corrected chi connectivity index (χ3v) is 6.01. The molecule has 0 heterocycles. The van der Waals surface area contributed by atoms with Gasteiger partial charge in [-0.2, -0.15) is 4.31 Å². The number of nitrogens with one attached hydrogen (secondary N) is 2. The molecule has 0 saturated heterocycles. The maximum Gasteiger partial charge on any atom is 0.251 e. The number of hydrogen-bond acceptors (Lipinski definition) is 4.